The minimum absolute atomic E-state index is 0.0504. The number of rotatable bonds is 6. The van der Waals surface area contributed by atoms with Crippen molar-refractivity contribution in [1.29, 1.82) is 5.26 Å². The lowest BCUT2D eigenvalue weighted by Crippen LogP contribution is -2.26. The summed E-state index contributed by atoms with van der Waals surface area (Å²) >= 11 is 3.49. The monoisotopic (exact) mass is 316 g/mol. The van der Waals surface area contributed by atoms with E-state index in [1.807, 2.05) is 18.2 Å². The molecule has 0 aliphatic heterocycles. The number of thiophene rings is 1. The molecular weight excluding hydrogens is 296 g/mol. The molecule has 1 aromatic heterocycles. The van der Waals surface area contributed by atoms with Crippen molar-refractivity contribution < 1.29 is 0 Å². The molecule has 21 heavy (non-hydrogen) atoms. The van der Waals surface area contributed by atoms with Gasteiger partial charge < -0.3 is 5.32 Å². The number of thioether (sulfide) groups is 1. The largest absolute Gasteiger partial charge is 0.383 e. The van der Waals surface area contributed by atoms with Crippen LogP contribution in [0.4, 0.5) is 5.69 Å². The number of nitrogens with zero attached hydrogens (tertiary/aromatic N) is 1. The maximum Gasteiger partial charge on any atom is 0.102 e. The lowest BCUT2D eigenvalue weighted by atomic mass is 9.91. The SMILES string of the molecule is CCSc1cccc(NCC(C)(C)c2cccs2)c1C#N. The third-order valence-corrected chi connectivity index (χ3v) is 5.52. The second-order valence-corrected chi connectivity index (χ2v) is 7.69. The first-order chi connectivity index (χ1) is 10.1. The third kappa shape index (κ3) is 3.81. The van der Waals surface area contributed by atoms with Gasteiger partial charge in [-0.15, -0.1) is 23.1 Å². The molecule has 0 amide bonds. The maximum atomic E-state index is 9.44. The highest BCUT2D eigenvalue weighted by Gasteiger charge is 2.22. The molecule has 0 bridgehead atoms. The Bertz CT molecular complexity index is 625. The lowest BCUT2D eigenvalue weighted by Gasteiger charge is -2.25. The molecule has 0 fully saturated rings. The number of hydrogen-bond acceptors (Lipinski definition) is 4. The Morgan fingerprint density at radius 1 is 1.29 bits per heavy atom. The van der Waals surface area contributed by atoms with E-state index in [-0.39, 0.29) is 5.41 Å². The fourth-order valence-corrected chi connectivity index (χ4v) is 3.77. The summed E-state index contributed by atoms with van der Waals surface area (Å²) in [7, 11) is 0. The van der Waals surface area contributed by atoms with E-state index >= 15 is 0 Å². The fourth-order valence-electron chi connectivity index (χ4n) is 2.14. The van der Waals surface area contributed by atoms with Gasteiger partial charge in [-0.2, -0.15) is 5.26 Å². The molecule has 0 unspecified atom stereocenters. The number of hydrogen-bond donors (Lipinski definition) is 1. The highest BCUT2D eigenvalue weighted by molar-refractivity contribution is 7.99. The topological polar surface area (TPSA) is 35.8 Å². The van der Waals surface area contributed by atoms with Crippen LogP contribution in [0, 0.1) is 11.3 Å². The van der Waals surface area contributed by atoms with Crippen molar-refractivity contribution in [3.8, 4) is 6.07 Å². The van der Waals surface area contributed by atoms with Crippen molar-refractivity contribution in [2.75, 3.05) is 17.6 Å². The van der Waals surface area contributed by atoms with Crippen molar-refractivity contribution in [3.05, 3.63) is 46.2 Å². The van der Waals surface area contributed by atoms with Crippen molar-refractivity contribution in [2.45, 2.75) is 31.1 Å². The van der Waals surface area contributed by atoms with Crippen LogP contribution < -0.4 is 5.32 Å². The molecule has 2 nitrogen and oxygen atoms in total. The molecule has 0 aliphatic carbocycles. The summed E-state index contributed by atoms with van der Waals surface area (Å²) in [6, 6.07) is 12.6. The van der Waals surface area contributed by atoms with Crippen molar-refractivity contribution in [2.24, 2.45) is 0 Å². The Hall–Kier alpha value is -1.44. The molecule has 1 heterocycles. The number of nitrogens with one attached hydrogen (secondary N) is 1. The van der Waals surface area contributed by atoms with Crippen molar-refractivity contribution in [1.82, 2.24) is 0 Å². The summed E-state index contributed by atoms with van der Waals surface area (Å²) in [5.41, 5.74) is 1.74. The van der Waals surface area contributed by atoms with Gasteiger partial charge in [0, 0.05) is 21.7 Å². The summed E-state index contributed by atoms with van der Waals surface area (Å²) in [6.45, 7) is 7.36. The van der Waals surface area contributed by atoms with Gasteiger partial charge in [0.05, 0.1) is 11.3 Å². The van der Waals surface area contributed by atoms with Gasteiger partial charge in [0.15, 0.2) is 0 Å². The zero-order chi connectivity index (χ0) is 15.3. The van der Waals surface area contributed by atoms with Gasteiger partial charge in [-0.25, -0.2) is 0 Å². The van der Waals surface area contributed by atoms with E-state index in [9.17, 15) is 5.26 Å². The van der Waals surface area contributed by atoms with E-state index < -0.39 is 0 Å². The van der Waals surface area contributed by atoms with Gasteiger partial charge in [0.1, 0.15) is 6.07 Å². The fraction of sp³-hybridized carbons (Fsp3) is 0.353. The van der Waals surface area contributed by atoms with Gasteiger partial charge >= 0.3 is 0 Å². The minimum atomic E-state index is 0.0504. The standard InChI is InChI=1S/C17H20N2S2/c1-4-20-15-8-5-7-14(13(15)11-18)19-12-17(2,3)16-9-6-10-21-16/h5-10,19H,4,12H2,1-3H3. The highest BCUT2D eigenvalue weighted by atomic mass is 32.2. The van der Waals surface area contributed by atoms with Gasteiger partial charge in [0.2, 0.25) is 0 Å². The number of nitriles is 1. The highest BCUT2D eigenvalue weighted by Crippen LogP contribution is 2.31. The molecule has 0 saturated heterocycles. The average molecular weight is 316 g/mol. The lowest BCUT2D eigenvalue weighted by molar-refractivity contribution is 0.569. The smallest absolute Gasteiger partial charge is 0.102 e. The van der Waals surface area contributed by atoms with Crippen LogP contribution in [0.1, 0.15) is 31.2 Å². The molecule has 2 rings (SSSR count). The van der Waals surface area contributed by atoms with Crippen LogP contribution in [0.25, 0.3) is 0 Å². The van der Waals surface area contributed by atoms with Crippen LogP contribution in [0.2, 0.25) is 0 Å². The predicted molar refractivity (Wildman–Crippen MR) is 93.4 cm³/mol. The predicted octanol–water partition coefficient (Wildman–Crippen LogP) is 5.12. The third-order valence-electron chi connectivity index (χ3n) is 3.35. The van der Waals surface area contributed by atoms with Crippen LogP contribution in [-0.2, 0) is 5.41 Å². The Morgan fingerprint density at radius 2 is 2.10 bits per heavy atom. The normalized spacial score (nSPS) is 11.1. The number of anilines is 1. The average Bonchev–Trinajstić information content (AvgIpc) is 3.01. The Kier molecular flexibility index (Phi) is 5.33. The van der Waals surface area contributed by atoms with E-state index in [1.54, 1.807) is 23.1 Å². The van der Waals surface area contributed by atoms with E-state index in [0.29, 0.717) is 0 Å². The Labute approximate surface area is 135 Å². The molecular formula is C17H20N2S2. The zero-order valence-electron chi connectivity index (χ0n) is 12.6. The zero-order valence-corrected chi connectivity index (χ0v) is 14.3. The quantitative estimate of drug-likeness (QED) is 0.751. The Morgan fingerprint density at radius 3 is 2.71 bits per heavy atom. The molecule has 0 aliphatic rings. The van der Waals surface area contributed by atoms with Crippen LogP contribution in [-0.4, -0.2) is 12.3 Å². The molecule has 4 heteroatoms. The summed E-state index contributed by atoms with van der Waals surface area (Å²) in [6.07, 6.45) is 0. The van der Waals surface area contributed by atoms with Gasteiger partial charge in [0.25, 0.3) is 0 Å². The van der Waals surface area contributed by atoms with Crippen LogP contribution in [0.3, 0.4) is 0 Å². The van der Waals surface area contributed by atoms with Crippen molar-refractivity contribution in [3.63, 3.8) is 0 Å². The number of benzene rings is 1. The van der Waals surface area contributed by atoms with E-state index in [0.717, 1.165) is 28.4 Å². The van der Waals surface area contributed by atoms with Crippen molar-refractivity contribution >= 4 is 28.8 Å². The maximum absolute atomic E-state index is 9.44. The summed E-state index contributed by atoms with van der Waals surface area (Å²) < 4.78 is 0. The summed E-state index contributed by atoms with van der Waals surface area (Å²) in [5.74, 6) is 0.971. The molecule has 1 aromatic carbocycles. The van der Waals surface area contributed by atoms with Gasteiger partial charge in [-0.1, -0.05) is 32.9 Å². The first kappa shape index (κ1) is 15.9. The molecule has 0 atom stereocenters. The van der Waals surface area contributed by atoms with E-state index in [1.165, 1.54) is 4.88 Å². The molecule has 0 spiro atoms. The molecule has 1 N–H and O–H groups in total. The van der Waals surface area contributed by atoms with Gasteiger partial charge in [-0.05, 0) is 29.3 Å². The molecule has 0 saturated carbocycles. The first-order valence-corrected chi connectivity index (χ1v) is 8.89. The second-order valence-electron chi connectivity index (χ2n) is 5.44. The molecule has 110 valence electrons. The minimum Gasteiger partial charge on any atom is -0.383 e. The summed E-state index contributed by atoms with van der Waals surface area (Å²) in [5, 5.41) is 15.0. The van der Waals surface area contributed by atoms with E-state index in [4.69, 9.17) is 0 Å². The van der Waals surface area contributed by atoms with E-state index in [2.05, 4.69) is 49.7 Å². The summed E-state index contributed by atoms with van der Waals surface area (Å²) in [4.78, 5) is 2.41. The molecule has 0 radical (unpaired) electrons. The van der Waals surface area contributed by atoms with Gasteiger partial charge in [-0.3, -0.25) is 0 Å². The Balaban J connectivity index is 2.17. The van der Waals surface area contributed by atoms with Crippen LogP contribution in [0.5, 0.6) is 0 Å². The molecule has 2 aromatic rings. The first-order valence-electron chi connectivity index (χ1n) is 7.02. The van der Waals surface area contributed by atoms with Crippen LogP contribution in [0.15, 0.2) is 40.6 Å². The van der Waals surface area contributed by atoms with Crippen LogP contribution >= 0.6 is 23.1 Å². The second kappa shape index (κ2) is 7.02.